The van der Waals surface area contributed by atoms with Crippen LogP contribution in [0.2, 0.25) is 0 Å². The molecule has 31 heavy (non-hydrogen) atoms. The van der Waals surface area contributed by atoms with E-state index in [2.05, 4.69) is 38.9 Å². The average molecular weight is 420 g/mol. The molecule has 0 spiro atoms. The molecule has 7 nitrogen and oxygen atoms in total. The minimum Gasteiger partial charge on any atom is -0.354 e. The minimum atomic E-state index is -0.0705. The number of amides is 3. The minimum absolute atomic E-state index is 0.0501. The summed E-state index contributed by atoms with van der Waals surface area (Å²) >= 11 is 0. The first-order valence-corrected chi connectivity index (χ1v) is 10.7. The molecule has 162 valence electrons. The first kappa shape index (κ1) is 20.8. The average Bonchev–Trinajstić information content (AvgIpc) is 3.22. The molecule has 4 rings (SSSR count). The Morgan fingerprint density at radius 1 is 0.935 bits per heavy atom. The molecule has 2 aromatic heterocycles. The number of pyridine rings is 1. The summed E-state index contributed by atoms with van der Waals surface area (Å²) in [5, 5.41) is 3.02. The monoisotopic (exact) mass is 419 g/mol. The van der Waals surface area contributed by atoms with E-state index in [0.29, 0.717) is 25.2 Å². The van der Waals surface area contributed by atoms with Crippen LogP contribution < -0.4 is 10.2 Å². The molecule has 1 aliphatic heterocycles. The standard InChI is InChI=1S/C24H29N5O2/c1-26(2)24(31)28-16-14-27(15-17-28)22-11-10-21-9-8-20(18-29(21)22)23(30)25-13-12-19-6-4-3-5-7-19/h3-11,18H,12-17H2,1-2H3,(H,25,30). The number of fused-ring (bicyclic) bond motifs is 1. The number of hydrogen-bond acceptors (Lipinski definition) is 3. The largest absolute Gasteiger partial charge is 0.354 e. The Hall–Kier alpha value is -3.48. The van der Waals surface area contributed by atoms with E-state index in [-0.39, 0.29) is 11.9 Å². The van der Waals surface area contributed by atoms with Crippen LogP contribution in [-0.4, -0.2) is 73.0 Å². The lowest BCUT2D eigenvalue weighted by molar-refractivity contribution is 0.0953. The molecule has 0 bridgehead atoms. The molecule has 1 fully saturated rings. The van der Waals surface area contributed by atoms with Gasteiger partial charge in [-0.15, -0.1) is 0 Å². The molecule has 0 atom stereocenters. The second kappa shape index (κ2) is 9.12. The number of benzene rings is 1. The molecular weight excluding hydrogens is 390 g/mol. The number of piperazine rings is 1. The van der Waals surface area contributed by atoms with Gasteiger partial charge in [0.05, 0.1) is 5.56 Å². The number of nitrogens with one attached hydrogen (secondary N) is 1. The lowest BCUT2D eigenvalue weighted by atomic mass is 10.1. The molecule has 3 aromatic rings. The quantitative estimate of drug-likeness (QED) is 0.692. The Kier molecular flexibility index (Phi) is 6.11. The van der Waals surface area contributed by atoms with Crippen LogP contribution >= 0.6 is 0 Å². The zero-order valence-corrected chi connectivity index (χ0v) is 18.1. The molecule has 3 amide bonds. The summed E-state index contributed by atoms with van der Waals surface area (Å²) in [4.78, 5) is 30.6. The fraction of sp³-hybridized carbons (Fsp3) is 0.333. The Bertz CT molecular complexity index is 1050. The first-order valence-electron chi connectivity index (χ1n) is 10.7. The van der Waals surface area contributed by atoms with Crippen molar-refractivity contribution in [1.29, 1.82) is 0 Å². The van der Waals surface area contributed by atoms with E-state index >= 15 is 0 Å². The molecule has 0 radical (unpaired) electrons. The predicted molar refractivity (Wildman–Crippen MR) is 123 cm³/mol. The maximum atomic E-state index is 12.7. The first-order chi connectivity index (χ1) is 15.0. The van der Waals surface area contributed by atoms with Gasteiger partial charge in [0.15, 0.2) is 0 Å². The highest BCUT2D eigenvalue weighted by atomic mass is 16.2. The molecule has 0 saturated carbocycles. The van der Waals surface area contributed by atoms with Crippen LogP contribution in [-0.2, 0) is 6.42 Å². The molecule has 1 N–H and O–H groups in total. The summed E-state index contributed by atoms with van der Waals surface area (Å²) in [5.41, 5.74) is 2.89. The fourth-order valence-electron chi connectivity index (χ4n) is 3.96. The maximum absolute atomic E-state index is 12.7. The Balaban J connectivity index is 1.42. The zero-order valence-electron chi connectivity index (χ0n) is 18.1. The van der Waals surface area contributed by atoms with E-state index in [1.807, 2.05) is 41.4 Å². The third-order valence-corrected chi connectivity index (χ3v) is 5.69. The highest BCUT2D eigenvalue weighted by molar-refractivity contribution is 5.94. The van der Waals surface area contributed by atoms with E-state index in [1.54, 1.807) is 19.0 Å². The van der Waals surface area contributed by atoms with Crippen molar-refractivity contribution in [2.24, 2.45) is 0 Å². The van der Waals surface area contributed by atoms with Gasteiger partial charge in [0.1, 0.15) is 5.82 Å². The molecular formula is C24H29N5O2. The van der Waals surface area contributed by atoms with E-state index in [4.69, 9.17) is 0 Å². The second-order valence-electron chi connectivity index (χ2n) is 8.05. The summed E-state index contributed by atoms with van der Waals surface area (Å²) in [6.07, 6.45) is 2.71. The van der Waals surface area contributed by atoms with Crippen LogP contribution in [0.3, 0.4) is 0 Å². The molecule has 0 aliphatic carbocycles. The van der Waals surface area contributed by atoms with Crippen molar-refractivity contribution in [3.63, 3.8) is 0 Å². The normalized spacial score (nSPS) is 14.0. The van der Waals surface area contributed by atoms with Gasteiger partial charge in [0, 0.05) is 58.5 Å². The molecule has 1 aliphatic rings. The van der Waals surface area contributed by atoms with E-state index < -0.39 is 0 Å². The number of urea groups is 1. The van der Waals surface area contributed by atoms with Gasteiger partial charge in [-0.1, -0.05) is 30.3 Å². The van der Waals surface area contributed by atoms with Gasteiger partial charge in [-0.05, 0) is 36.2 Å². The van der Waals surface area contributed by atoms with Crippen LogP contribution in [0, 0.1) is 0 Å². The number of aromatic nitrogens is 1. The smallest absolute Gasteiger partial charge is 0.319 e. The van der Waals surface area contributed by atoms with Crippen LogP contribution in [0.25, 0.3) is 5.52 Å². The number of anilines is 1. The number of nitrogens with zero attached hydrogens (tertiary/aromatic N) is 4. The molecule has 0 unspecified atom stereocenters. The molecule has 3 heterocycles. The SMILES string of the molecule is CN(C)C(=O)N1CCN(c2ccc3ccc(C(=O)NCCc4ccccc4)cn23)CC1. The van der Waals surface area contributed by atoms with Crippen molar-refractivity contribution in [3.8, 4) is 0 Å². The number of hydrogen-bond donors (Lipinski definition) is 1. The van der Waals surface area contributed by atoms with Gasteiger partial charge in [0.25, 0.3) is 5.91 Å². The molecule has 1 aromatic carbocycles. The van der Waals surface area contributed by atoms with Crippen molar-refractivity contribution < 1.29 is 9.59 Å². The Morgan fingerprint density at radius 2 is 1.65 bits per heavy atom. The van der Waals surface area contributed by atoms with Gasteiger partial charge in [-0.25, -0.2) is 4.79 Å². The van der Waals surface area contributed by atoms with Crippen molar-refractivity contribution in [3.05, 3.63) is 71.9 Å². The van der Waals surface area contributed by atoms with Crippen molar-refractivity contribution >= 4 is 23.3 Å². The summed E-state index contributed by atoms with van der Waals surface area (Å²) < 4.78 is 2.07. The fourth-order valence-corrected chi connectivity index (χ4v) is 3.96. The predicted octanol–water partition coefficient (Wildman–Crippen LogP) is 2.72. The van der Waals surface area contributed by atoms with E-state index in [9.17, 15) is 9.59 Å². The Morgan fingerprint density at radius 3 is 2.35 bits per heavy atom. The summed E-state index contributed by atoms with van der Waals surface area (Å²) in [5.74, 6) is 0.977. The van der Waals surface area contributed by atoms with Crippen LogP contribution in [0.15, 0.2) is 60.8 Å². The van der Waals surface area contributed by atoms with Crippen molar-refractivity contribution in [2.75, 3.05) is 51.7 Å². The number of rotatable bonds is 5. The highest BCUT2D eigenvalue weighted by Crippen LogP contribution is 2.22. The van der Waals surface area contributed by atoms with Gasteiger partial charge in [0.2, 0.25) is 0 Å². The topological polar surface area (TPSA) is 60.3 Å². The van der Waals surface area contributed by atoms with E-state index in [1.165, 1.54) is 5.56 Å². The third kappa shape index (κ3) is 4.66. The third-order valence-electron chi connectivity index (χ3n) is 5.69. The lowest BCUT2D eigenvalue weighted by Crippen LogP contribution is -2.51. The molecule has 7 heteroatoms. The van der Waals surface area contributed by atoms with Gasteiger partial charge < -0.3 is 24.4 Å². The zero-order chi connectivity index (χ0) is 21.8. The van der Waals surface area contributed by atoms with Crippen molar-refractivity contribution in [2.45, 2.75) is 6.42 Å². The highest BCUT2D eigenvalue weighted by Gasteiger charge is 2.23. The Labute approximate surface area is 182 Å². The number of carbonyl (C=O) groups is 2. The number of carbonyl (C=O) groups excluding carboxylic acids is 2. The summed E-state index contributed by atoms with van der Waals surface area (Å²) in [7, 11) is 3.56. The van der Waals surface area contributed by atoms with Crippen LogP contribution in [0.4, 0.5) is 10.6 Å². The van der Waals surface area contributed by atoms with Crippen LogP contribution in [0.5, 0.6) is 0 Å². The molecule has 1 saturated heterocycles. The van der Waals surface area contributed by atoms with Crippen molar-refractivity contribution in [1.82, 2.24) is 19.5 Å². The van der Waals surface area contributed by atoms with Crippen LogP contribution in [0.1, 0.15) is 15.9 Å². The van der Waals surface area contributed by atoms with E-state index in [0.717, 1.165) is 30.8 Å². The van der Waals surface area contributed by atoms with Gasteiger partial charge in [-0.2, -0.15) is 0 Å². The summed E-state index contributed by atoms with van der Waals surface area (Å²) in [6.45, 7) is 3.49. The summed E-state index contributed by atoms with van der Waals surface area (Å²) in [6, 6.07) is 18.2. The van der Waals surface area contributed by atoms with Gasteiger partial charge in [-0.3, -0.25) is 4.79 Å². The lowest BCUT2D eigenvalue weighted by Gasteiger charge is -2.36. The van der Waals surface area contributed by atoms with Gasteiger partial charge >= 0.3 is 6.03 Å². The second-order valence-corrected chi connectivity index (χ2v) is 8.05. The maximum Gasteiger partial charge on any atom is 0.319 e.